The molecule has 0 fully saturated rings. The van der Waals surface area contributed by atoms with E-state index in [9.17, 15) is 4.79 Å². The number of thioether (sulfide) groups is 1. The predicted molar refractivity (Wildman–Crippen MR) is 91.0 cm³/mol. The predicted octanol–water partition coefficient (Wildman–Crippen LogP) is 2.24. The van der Waals surface area contributed by atoms with Crippen molar-refractivity contribution in [2.75, 3.05) is 29.5 Å². The molecule has 0 saturated carbocycles. The van der Waals surface area contributed by atoms with Crippen LogP contribution in [0.25, 0.3) is 11.0 Å². The standard InChI is InChI=1S/C14H20N6O2S/c1-3-5-15-12-11-10(17-8-18-12)13(16-6-4-2)20-14(19-11)23-7-9(21)22/h8H,3-7H2,1-2H3,(H,21,22)(H,15,17,18)(H,16,19,20). The number of hydrogen-bond donors (Lipinski definition) is 3. The molecule has 2 rings (SSSR count). The number of nitrogens with one attached hydrogen (secondary N) is 2. The van der Waals surface area contributed by atoms with Crippen molar-refractivity contribution < 1.29 is 9.90 Å². The molecule has 0 aliphatic rings. The first-order chi connectivity index (χ1) is 11.2. The molecule has 3 N–H and O–H groups in total. The van der Waals surface area contributed by atoms with Crippen molar-refractivity contribution in [2.45, 2.75) is 31.8 Å². The number of nitrogens with zero attached hydrogens (tertiary/aromatic N) is 4. The summed E-state index contributed by atoms with van der Waals surface area (Å²) in [4.78, 5) is 28.1. The van der Waals surface area contributed by atoms with E-state index in [0.717, 1.165) is 37.7 Å². The van der Waals surface area contributed by atoms with Crippen LogP contribution in [0.5, 0.6) is 0 Å². The molecule has 0 aliphatic carbocycles. The Bertz CT molecular complexity index is 682. The SMILES string of the molecule is CCCNc1nc(SCC(=O)O)nc2c(NCCC)ncnc12. The van der Waals surface area contributed by atoms with E-state index < -0.39 is 5.97 Å². The van der Waals surface area contributed by atoms with Gasteiger partial charge in [0, 0.05) is 13.1 Å². The number of carboxylic acid groups (broad SMARTS) is 1. The Kier molecular flexibility index (Phi) is 6.33. The second-order valence-corrected chi connectivity index (χ2v) is 5.75. The van der Waals surface area contributed by atoms with Crippen molar-refractivity contribution in [1.82, 2.24) is 19.9 Å². The second-order valence-electron chi connectivity index (χ2n) is 4.81. The van der Waals surface area contributed by atoms with Gasteiger partial charge >= 0.3 is 5.97 Å². The Morgan fingerprint density at radius 1 is 1.09 bits per heavy atom. The van der Waals surface area contributed by atoms with E-state index in [0.29, 0.717) is 27.8 Å². The molecule has 2 aromatic heterocycles. The molecule has 0 aromatic carbocycles. The molecule has 0 bridgehead atoms. The summed E-state index contributed by atoms with van der Waals surface area (Å²) in [5.74, 6) is 0.238. The van der Waals surface area contributed by atoms with Gasteiger partial charge in [0.2, 0.25) is 0 Å². The first-order valence-electron chi connectivity index (χ1n) is 7.50. The van der Waals surface area contributed by atoms with E-state index >= 15 is 0 Å². The normalized spacial score (nSPS) is 10.7. The minimum absolute atomic E-state index is 0.0931. The van der Waals surface area contributed by atoms with E-state index in [1.165, 1.54) is 6.33 Å². The van der Waals surface area contributed by atoms with Crippen LogP contribution in [0.1, 0.15) is 26.7 Å². The Hall–Kier alpha value is -2.16. The van der Waals surface area contributed by atoms with Crippen LogP contribution in [0.4, 0.5) is 11.6 Å². The van der Waals surface area contributed by atoms with Crippen molar-refractivity contribution in [3.05, 3.63) is 6.33 Å². The Morgan fingerprint density at radius 3 is 2.43 bits per heavy atom. The van der Waals surface area contributed by atoms with E-state index in [2.05, 4.69) is 44.4 Å². The Balaban J connectivity index is 2.44. The van der Waals surface area contributed by atoms with Crippen LogP contribution in [0.2, 0.25) is 0 Å². The fraction of sp³-hybridized carbons (Fsp3) is 0.500. The lowest BCUT2D eigenvalue weighted by Gasteiger charge is -2.11. The van der Waals surface area contributed by atoms with E-state index in [4.69, 9.17) is 5.11 Å². The van der Waals surface area contributed by atoms with Gasteiger partial charge in [-0.25, -0.2) is 19.9 Å². The smallest absolute Gasteiger partial charge is 0.313 e. The van der Waals surface area contributed by atoms with Gasteiger partial charge < -0.3 is 15.7 Å². The van der Waals surface area contributed by atoms with Crippen molar-refractivity contribution in [1.29, 1.82) is 0 Å². The quantitative estimate of drug-likeness (QED) is 0.468. The summed E-state index contributed by atoms with van der Waals surface area (Å²) in [7, 11) is 0. The molecule has 0 spiro atoms. The number of aromatic nitrogens is 4. The highest BCUT2D eigenvalue weighted by atomic mass is 32.2. The van der Waals surface area contributed by atoms with Gasteiger partial charge in [-0.1, -0.05) is 25.6 Å². The van der Waals surface area contributed by atoms with Gasteiger partial charge in [-0.3, -0.25) is 4.79 Å². The zero-order chi connectivity index (χ0) is 16.7. The fourth-order valence-electron chi connectivity index (χ4n) is 1.86. The second kappa shape index (κ2) is 8.47. The molecule has 0 aliphatic heterocycles. The first kappa shape index (κ1) is 17.2. The topological polar surface area (TPSA) is 113 Å². The number of anilines is 2. The molecular formula is C14H20N6O2S. The maximum atomic E-state index is 10.8. The lowest BCUT2D eigenvalue weighted by atomic mass is 10.3. The number of fused-ring (bicyclic) bond motifs is 1. The summed E-state index contributed by atoms with van der Waals surface area (Å²) >= 11 is 1.08. The van der Waals surface area contributed by atoms with E-state index in [1.54, 1.807) is 0 Å². The number of rotatable bonds is 9. The molecule has 0 unspecified atom stereocenters. The van der Waals surface area contributed by atoms with Crippen molar-refractivity contribution in [3.8, 4) is 0 Å². The summed E-state index contributed by atoms with van der Waals surface area (Å²) in [6.45, 7) is 5.63. The minimum atomic E-state index is -0.907. The van der Waals surface area contributed by atoms with Crippen molar-refractivity contribution in [3.63, 3.8) is 0 Å². The minimum Gasteiger partial charge on any atom is -0.481 e. The molecule has 8 nitrogen and oxygen atoms in total. The van der Waals surface area contributed by atoms with Crippen LogP contribution in [0.3, 0.4) is 0 Å². The highest BCUT2D eigenvalue weighted by molar-refractivity contribution is 7.99. The van der Waals surface area contributed by atoms with Gasteiger partial charge in [-0.2, -0.15) is 0 Å². The molecular weight excluding hydrogens is 316 g/mol. The van der Waals surface area contributed by atoms with Crippen LogP contribution in [-0.2, 0) is 4.79 Å². The summed E-state index contributed by atoms with van der Waals surface area (Å²) in [6.07, 6.45) is 3.37. The zero-order valence-electron chi connectivity index (χ0n) is 13.2. The Labute approximate surface area is 138 Å². The third-order valence-electron chi connectivity index (χ3n) is 2.87. The average molecular weight is 336 g/mol. The van der Waals surface area contributed by atoms with Gasteiger partial charge in [-0.05, 0) is 12.8 Å². The lowest BCUT2D eigenvalue weighted by Crippen LogP contribution is -2.09. The fourth-order valence-corrected chi connectivity index (χ4v) is 2.42. The summed E-state index contributed by atoms with van der Waals surface area (Å²) in [5, 5.41) is 15.7. The number of carbonyl (C=O) groups is 1. The van der Waals surface area contributed by atoms with Crippen LogP contribution < -0.4 is 10.6 Å². The molecule has 2 heterocycles. The molecule has 23 heavy (non-hydrogen) atoms. The number of carboxylic acids is 1. The summed E-state index contributed by atoms with van der Waals surface area (Å²) in [6, 6.07) is 0. The van der Waals surface area contributed by atoms with E-state index in [-0.39, 0.29) is 5.75 Å². The lowest BCUT2D eigenvalue weighted by molar-refractivity contribution is -0.133. The van der Waals surface area contributed by atoms with Gasteiger partial charge in [0.15, 0.2) is 16.8 Å². The maximum Gasteiger partial charge on any atom is 0.313 e. The van der Waals surface area contributed by atoms with Gasteiger partial charge in [-0.15, -0.1) is 0 Å². The van der Waals surface area contributed by atoms with Crippen molar-refractivity contribution >= 4 is 40.4 Å². The van der Waals surface area contributed by atoms with Gasteiger partial charge in [0.05, 0.1) is 5.75 Å². The highest BCUT2D eigenvalue weighted by Crippen LogP contribution is 2.26. The first-order valence-corrected chi connectivity index (χ1v) is 8.49. The van der Waals surface area contributed by atoms with E-state index in [1.807, 2.05) is 0 Å². The monoisotopic (exact) mass is 336 g/mol. The Morgan fingerprint density at radius 2 is 1.78 bits per heavy atom. The number of aliphatic carboxylic acids is 1. The molecule has 2 aromatic rings. The molecule has 0 atom stereocenters. The van der Waals surface area contributed by atoms with Crippen LogP contribution >= 0.6 is 11.8 Å². The number of hydrogen-bond acceptors (Lipinski definition) is 8. The summed E-state index contributed by atoms with van der Waals surface area (Å²) < 4.78 is 0. The van der Waals surface area contributed by atoms with Crippen LogP contribution in [-0.4, -0.2) is 49.9 Å². The molecule has 0 amide bonds. The molecule has 0 radical (unpaired) electrons. The maximum absolute atomic E-state index is 10.8. The average Bonchev–Trinajstić information content (AvgIpc) is 2.55. The van der Waals surface area contributed by atoms with Crippen LogP contribution in [0, 0.1) is 0 Å². The third-order valence-corrected chi connectivity index (χ3v) is 3.70. The molecule has 9 heteroatoms. The highest BCUT2D eigenvalue weighted by Gasteiger charge is 2.14. The molecule has 0 saturated heterocycles. The van der Waals surface area contributed by atoms with Gasteiger partial charge in [0.25, 0.3) is 0 Å². The largest absolute Gasteiger partial charge is 0.481 e. The zero-order valence-corrected chi connectivity index (χ0v) is 14.0. The third kappa shape index (κ3) is 4.65. The van der Waals surface area contributed by atoms with Gasteiger partial charge in [0.1, 0.15) is 17.4 Å². The van der Waals surface area contributed by atoms with Crippen LogP contribution in [0.15, 0.2) is 11.5 Å². The summed E-state index contributed by atoms with van der Waals surface area (Å²) in [5.41, 5.74) is 1.23. The van der Waals surface area contributed by atoms with Crippen molar-refractivity contribution in [2.24, 2.45) is 0 Å². The molecule has 124 valence electrons.